The van der Waals surface area contributed by atoms with Crippen molar-refractivity contribution in [3.63, 3.8) is 0 Å². The van der Waals surface area contributed by atoms with Gasteiger partial charge in [-0.15, -0.1) is 10.2 Å². The molecule has 1 amide bonds. The van der Waals surface area contributed by atoms with E-state index in [4.69, 9.17) is 0 Å². The third-order valence-electron chi connectivity index (χ3n) is 4.81. The number of benzene rings is 1. The van der Waals surface area contributed by atoms with Gasteiger partial charge in [-0.2, -0.15) is 13.2 Å². The molecular weight excluding hydrogens is 373 g/mol. The van der Waals surface area contributed by atoms with Gasteiger partial charge in [0.1, 0.15) is 5.75 Å². The number of hydrogen-bond acceptors (Lipinski definition) is 5. The van der Waals surface area contributed by atoms with Crippen molar-refractivity contribution in [2.75, 3.05) is 25.5 Å². The molecule has 1 aliphatic heterocycles. The quantitative estimate of drug-likeness (QED) is 0.834. The van der Waals surface area contributed by atoms with E-state index in [9.17, 15) is 23.1 Å². The van der Waals surface area contributed by atoms with Crippen LogP contribution < -0.4 is 5.32 Å². The summed E-state index contributed by atoms with van der Waals surface area (Å²) in [4.78, 5) is 14.5. The fourth-order valence-electron chi connectivity index (χ4n) is 3.41. The SMILES string of the molecule is Cc1cc(C(F)(F)F)cc(O)c1-c1ccc(NC(=O)[C@@H]2CCCN(C)C2)nn1. The number of rotatable bonds is 3. The lowest BCUT2D eigenvalue weighted by Gasteiger charge is -2.28. The van der Waals surface area contributed by atoms with E-state index in [1.54, 1.807) is 0 Å². The summed E-state index contributed by atoms with van der Waals surface area (Å²) < 4.78 is 38.6. The van der Waals surface area contributed by atoms with Gasteiger partial charge in [0.25, 0.3) is 0 Å². The van der Waals surface area contributed by atoms with Crippen molar-refractivity contribution in [2.45, 2.75) is 25.9 Å². The number of alkyl halides is 3. The highest BCUT2D eigenvalue weighted by Crippen LogP contribution is 2.38. The number of anilines is 1. The summed E-state index contributed by atoms with van der Waals surface area (Å²) in [5.41, 5.74) is -0.310. The fourth-order valence-corrected chi connectivity index (χ4v) is 3.41. The molecule has 0 spiro atoms. The van der Waals surface area contributed by atoms with E-state index in [2.05, 4.69) is 20.4 Å². The molecule has 2 N–H and O–H groups in total. The normalized spacial score (nSPS) is 18.1. The minimum Gasteiger partial charge on any atom is -0.507 e. The van der Waals surface area contributed by atoms with Crippen LogP contribution in [0.25, 0.3) is 11.3 Å². The van der Waals surface area contributed by atoms with Crippen LogP contribution in [0.3, 0.4) is 0 Å². The molecule has 28 heavy (non-hydrogen) atoms. The predicted octanol–water partition coefficient (Wildman–Crippen LogP) is 3.46. The Kier molecular flexibility index (Phi) is 5.55. The Morgan fingerprint density at radius 3 is 2.61 bits per heavy atom. The Labute approximate surface area is 160 Å². The van der Waals surface area contributed by atoms with Crippen molar-refractivity contribution < 1.29 is 23.1 Å². The molecular formula is C19H21F3N4O2. The second-order valence-electron chi connectivity index (χ2n) is 7.08. The first-order valence-electron chi connectivity index (χ1n) is 8.89. The van der Waals surface area contributed by atoms with Crippen molar-refractivity contribution in [2.24, 2.45) is 5.92 Å². The van der Waals surface area contributed by atoms with Crippen LogP contribution in [0.15, 0.2) is 24.3 Å². The molecule has 1 aliphatic rings. The van der Waals surface area contributed by atoms with Crippen LogP contribution in [-0.4, -0.2) is 46.2 Å². The van der Waals surface area contributed by atoms with Gasteiger partial charge in [0.2, 0.25) is 5.91 Å². The van der Waals surface area contributed by atoms with Crippen molar-refractivity contribution in [3.8, 4) is 17.0 Å². The lowest BCUT2D eigenvalue weighted by atomic mass is 9.97. The van der Waals surface area contributed by atoms with E-state index >= 15 is 0 Å². The maximum Gasteiger partial charge on any atom is 0.416 e. The van der Waals surface area contributed by atoms with Gasteiger partial charge in [0.15, 0.2) is 5.82 Å². The number of carbonyl (C=O) groups is 1. The predicted molar refractivity (Wildman–Crippen MR) is 97.7 cm³/mol. The number of carbonyl (C=O) groups excluding carboxylic acids is 1. The molecule has 2 heterocycles. The largest absolute Gasteiger partial charge is 0.507 e. The first kappa shape index (κ1) is 20.1. The van der Waals surface area contributed by atoms with Crippen LogP contribution in [0, 0.1) is 12.8 Å². The van der Waals surface area contributed by atoms with Crippen LogP contribution in [0.4, 0.5) is 19.0 Å². The molecule has 9 heteroatoms. The average Bonchev–Trinajstić information content (AvgIpc) is 2.61. The number of halogens is 3. The smallest absolute Gasteiger partial charge is 0.416 e. The van der Waals surface area contributed by atoms with Crippen LogP contribution >= 0.6 is 0 Å². The van der Waals surface area contributed by atoms with Crippen LogP contribution in [0.5, 0.6) is 5.75 Å². The molecule has 0 radical (unpaired) electrons. The molecule has 0 saturated carbocycles. The van der Waals surface area contributed by atoms with Crippen molar-refractivity contribution >= 4 is 11.7 Å². The zero-order chi connectivity index (χ0) is 20.5. The van der Waals surface area contributed by atoms with Gasteiger partial charge in [-0.1, -0.05) is 0 Å². The molecule has 0 aliphatic carbocycles. The summed E-state index contributed by atoms with van der Waals surface area (Å²) >= 11 is 0. The molecule has 1 saturated heterocycles. The van der Waals surface area contributed by atoms with E-state index in [-0.39, 0.29) is 34.5 Å². The van der Waals surface area contributed by atoms with Crippen molar-refractivity contribution in [1.82, 2.24) is 15.1 Å². The second kappa shape index (κ2) is 7.75. The maximum atomic E-state index is 12.9. The number of likely N-dealkylation sites (tertiary alicyclic amines) is 1. The lowest BCUT2D eigenvalue weighted by Crippen LogP contribution is -2.38. The summed E-state index contributed by atoms with van der Waals surface area (Å²) in [6, 6.07) is 4.64. The number of aromatic hydroxyl groups is 1. The Morgan fingerprint density at radius 2 is 2.04 bits per heavy atom. The minimum atomic E-state index is -4.55. The van der Waals surface area contributed by atoms with Gasteiger partial charge in [-0.25, -0.2) is 0 Å². The highest BCUT2D eigenvalue weighted by molar-refractivity contribution is 5.92. The summed E-state index contributed by atoms with van der Waals surface area (Å²) in [5.74, 6) is -0.529. The number of amides is 1. The van der Waals surface area contributed by atoms with Gasteiger partial charge in [0, 0.05) is 12.1 Å². The Balaban J connectivity index is 1.77. The van der Waals surface area contributed by atoms with Crippen molar-refractivity contribution in [3.05, 3.63) is 35.4 Å². The lowest BCUT2D eigenvalue weighted by molar-refractivity contribution is -0.137. The highest BCUT2D eigenvalue weighted by atomic mass is 19.4. The van der Waals surface area contributed by atoms with E-state index in [1.165, 1.54) is 19.1 Å². The molecule has 0 bridgehead atoms. The summed E-state index contributed by atoms with van der Waals surface area (Å²) in [6.07, 6.45) is -2.79. The first-order valence-corrected chi connectivity index (χ1v) is 8.89. The van der Waals surface area contributed by atoms with Gasteiger partial charge in [-0.3, -0.25) is 4.79 Å². The van der Waals surface area contributed by atoms with Gasteiger partial charge < -0.3 is 15.3 Å². The summed E-state index contributed by atoms with van der Waals surface area (Å²) in [7, 11) is 1.97. The molecule has 6 nitrogen and oxygen atoms in total. The Bertz CT molecular complexity index is 845. The molecule has 0 unspecified atom stereocenters. The number of piperidine rings is 1. The molecule has 3 rings (SSSR count). The molecule has 2 aromatic rings. The van der Waals surface area contributed by atoms with Gasteiger partial charge in [0.05, 0.1) is 17.2 Å². The second-order valence-corrected chi connectivity index (χ2v) is 7.08. The van der Waals surface area contributed by atoms with E-state index in [1.807, 2.05) is 7.05 Å². The first-order chi connectivity index (χ1) is 13.1. The number of aromatic nitrogens is 2. The number of nitrogens with one attached hydrogen (secondary N) is 1. The maximum absolute atomic E-state index is 12.9. The molecule has 1 aromatic carbocycles. The number of phenols is 1. The average molecular weight is 394 g/mol. The number of hydrogen-bond donors (Lipinski definition) is 2. The Hall–Kier alpha value is -2.68. The van der Waals surface area contributed by atoms with E-state index in [0.29, 0.717) is 12.6 Å². The number of nitrogens with zero attached hydrogens (tertiary/aromatic N) is 3. The zero-order valence-corrected chi connectivity index (χ0v) is 15.5. The molecule has 150 valence electrons. The molecule has 1 fully saturated rings. The van der Waals surface area contributed by atoms with Crippen LogP contribution in [0.1, 0.15) is 24.0 Å². The van der Waals surface area contributed by atoms with E-state index in [0.717, 1.165) is 25.5 Å². The molecule has 1 aromatic heterocycles. The zero-order valence-electron chi connectivity index (χ0n) is 15.5. The summed E-state index contributed by atoms with van der Waals surface area (Å²) in [5, 5.41) is 20.7. The summed E-state index contributed by atoms with van der Waals surface area (Å²) in [6.45, 7) is 3.10. The third kappa shape index (κ3) is 4.41. The van der Waals surface area contributed by atoms with Crippen LogP contribution in [0.2, 0.25) is 0 Å². The topological polar surface area (TPSA) is 78.4 Å². The standard InChI is InChI=1S/C19H21F3N4O2/c1-11-8-13(19(20,21)22)9-15(27)17(11)14-5-6-16(25-24-14)23-18(28)12-4-3-7-26(2)10-12/h5-6,8-9,12,27H,3-4,7,10H2,1-2H3,(H,23,25,28)/t12-/m1/s1. The third-order valence-corrected chi connectivity index (χ3v) is 4.81. The monoisotopic (exact) mass is 394 g/mol. The number of phenolic OH excluding ortho intramolecular Hbond substituents is 1. The highest BCUT2D eigenvalue weighted by Gasteiger charge is 2.32. The van der Waals surface area contributed by atoms with Crippen molar-refractivity contribution in [1.29, 1.82) is 0 Å². The van der Waals surface area contributed by atoms with E-state index < -0.39 is 17.5 Å². The van der Waals surface area contributed by atoms with Crippen LogP contribution in [-0.2, 0) is 11.0 Å². The fraction of sp³-hybridized carbons (Fsp3) is 0.421. The van der Waals surface area contributed by atoms with Gasteiger partial charge >= 0.3 is 6.18 Å². The van der Waals surface area contributed by atoms with Gasteiger partial charge in [-0.05, 0) is 63.2 Å². The Morgan fingerprint density at radius 1 is 1.29 bits per heavy atom. The number of aryl methyl sites for hydroxylation is 1. The molecule has 1 atom stereocenters. The minimum absolute atomic E-state index is 0.124.